The van der Waals surface area contributed by atoms with Crippen LogP contribution >= 0.6 is 0 Å². The molecule has 1 atom stereocenters. The van der Waals surface area contributed by atoms with Crippen LogP contribution in [0, 0.1) is 28.1 Å². The summed E-state index contributed by atoms with van der Waals surface area (Å²) in [5, 5.41) is 3.47. The van der Waals surface area contributed by atoms with E-state index >= 15 is 0 Å². The summed E-state index contributed by atoms with van der Waals surface area (Å²) in [5.74, 6) is 7.05. The van der Waals surface area contributed by atoms with Crippen LogP contribution in [0.15, 0.2) is 0 Å². The Kier molecular flexibility index (Phi) is 6.63. The van der Waals surface area contributed by atoms with Gasteiger partial charge in [0.15, 0.2) is 0 Å². The number of nitrogens with one attached hydrogen (secondary N) is 1. The maximum absolute atomic E-state index is 3.53. The van der Waals surface area contributed by atoms with Crippen molar-refractivity contribution >= 4 is 0 Å². The van der Waals surface area contributed by atoms with E-state index < -0.39 is 0 Å². The van der Waals surface area contributed by atoms with Crippen molar-refractivity contribution in [2.24, 2.45) is 16.2 Å². The molecule has 0 rings (SSSR count). The van der Waals surface area contributed by atoms with E-state index in [0.717, 1.165) is 19.4 Å². The fourth-order valence-electron chi connectivity index (χ4n) is 2.95. The van der Waals surface area contributed by atoms with E-state index in [4.69, 9.17) is 0 Å². The molecule has 112 valence electrons. The number of hydrogen-bond donors (Lipinski definition) is 1. The van der Waals surface area contributed by atoms with E-state index in [2.05, 4.69) is 79.5 Å². The molecule has 0 bridgehead atoms. The molecular weight excluding hydrogens is 230 g/mol. The van der Waals surface area contributed by atoms with Crippen molar-refractivity contribution in [1.29, 1.82) is 0 Å². The fourth-order valence-corrected chi connectivity index (χ4v) is 2.95. The van der Waals surface area contributed by atoms with Gasteiger partial charge in [0.05, 0.1) is 0 Å². The second-order valence-corrected chi connectivity index (χ2v) is 8.42. The Morgan fingerprint density at radius 2 is 1.37 bits per heavy atom. The van der Waals surface area contributed by atoms with Gasteiger partial charge in [-0.3, -0.25) is 0 Å². The summed E-state index contributed by atoms with van der Waals surface area (Å²) in [6.07, 6.45) is 2.23. The summed E-state index contributed by atoms with van der Waals surface area (Å²) in [6.45, 7) is 21.3. The SMILES string of the molecule is CCNC(C)CC(C)(C)C#CC(C)(C)CC(C)(C)C. The van der Waals surface area contributed by atoms with Gasteiger partial charge in [0.1, 0.15) is 0 Å². The van der Waals surface area contributed by atoms with Gasteiger partial charge in [0, 0.05) is 16.9 Å². The predicted octanol–water partition coefficient (Wildman–Crippen LogP) is 4.87. The maximum atomic E-state index is 3.53. The summed E-state index contributed by atoms with van der Waals surface area (Å²) < 4.78 is 0. The highest BCUT2D eigenvalue weighted by Crippen LogP contribution is 2.33. The maximum Gasteiger partial charge on any atom is 0.0273 e. The van der Waals surface area contributed by atoms with Crippen LogP contribution in [0.2, 0.25) is 0 Å². The lowest BCUT2D eigenvalue weighted by molar-refractivity contribution is 0.269. The third-order valence-electron chi connectivity index (χ3n) is 3.08. The third-order valence-corrected chi connectivity index (χ3v) is 3.08. The zero-order chi connectivity index (χ0) is 15.3. The van der Waals surface area contributed by atoms with Crippen molar-refractivity contribution in [2.45, 2.75) is 81.2 Å². The first-order valence-corrected chi connectivity index (χ1v) is 7.65. The predicted molar refractivity (Wildman–Crippen MR) is 87.2 cm³/mol. The fraction of sp³-hybridized carbons (Fsp3) is 0.889. The van der Waals surface area contributed by atoms with Crippen LogP contribution in [0.3, 0.4) is 0 Å². The lowest BCUT2D eigenvalue weighted by atomic mass is 9.75. The molecule has 0 radical (unpaired) electrons. The Morgan fingerprint density at radius 3 is 1.79 bits per heavy atom. The largest absolute Gasteiger partial charge is 0.314 e. The number of hydrogen-bond acceptors (Lipinski definition) is 1. The van der Waals surface area contributed by atoms with E-state index in [9.17, 15) is 0 Å². The topological polar surface area (TPSA) is 12.0 Å². The Balaban J connectivity index is 4.69. The van der Waals surface area contributed by atoms with Gasteiger partial charge in [-0.2, -0.15) is 0 Å². The smallest absolute Gasteiger partial charge is 0.0273 e. The molecule has 19 heavy (non-hydrogen) atoms. The minimum Gasteiger partial charge on any atom is -0.314 e. The summed E-state index contributed by atoms with van der Waals surface area (Å²) in [4.78, 5) is 0. The summed E-state index contributed by atoms with van der Waals surface area (Å²) in [5.41, 5.74) is 0.507. The summed E-state index contributed by atoms with van der Waals surface area (Å²) in [6, 6.07) is 0.528. The van der Waals surface area contributed by atoms with E-state index in [1.165, 1.54) is 0 Å². The average Bonchev–Trinajstić information content (AvgIpc) is 2.11. The molecule has 0 aliphatic carbocycles. The van der Waals surface area contributed by atoms with Gasteiger partial charge in [-0.1, -0.05) is 39.5 Å². The van der Waals surface area contributed by atoms with Gasteiger partial charge < -0.3 is 5.32 Å². The Morgan fingerprint density at radius 1 is 0.895 bits per heavy atom. The minimum absolute atomic E-state index is 0.0801. The van der Waals surface area contributed by atoms with Crippen molar-refractivity contribution < 1.29 is 0 Å². The monoisotopic (exact) mass is 265 g/mol. The molecule has 0 heterocycles. The van der Waals surface area contributed by atoms with E-state index in [-0.39, 0.29) is 10.8 Å². The first-order chi connectivity index (χ1) is 8.37. The van der Waals surface area contributed by atoms with Crippen molar-refractivity contribution in [2.75, 3.05) is 6.54 Å². The third kappa shape index (κ3) is 10.0. The van der Waals surface area contributed by atoms with Crippen molar-refractivity contribution in [3.63, 3.8) is 0 Å². The van der Waals surface area contributed by atoms with Gasteiger partial charge >= 0.3 is 0 Å². The number of rotatable bonds is 5. The summed E-state index contributed by atoms with van der Waals surface area (Å²) in [7, 11) is 0. The zero-order valence-electron chi connectivity index (χ0n) is 14.7. The van der Waals surface area contributed by atoms with Gasteiger partial charge in [-0.15, -0.1) is 0 Å². The molecule has 0 aromatic carbocycles. The molecule has 0 spiro atoms. The van der Waals surface area contributed by atoms with E-state index in [1.54, 1.807) is 0 Å². The van der Waals surface area contributed by atoms with Crippen LogP contribution in [0.5, 0.6) is 0 Å². The molecule has 0 aliphatic rings. The first-order valence-electron chi connectivity index (χ1n) is 7.65. The molecule has 0 saturated heterocycles. The molecule has 0 fully saturated rings. The Bertz CT molecular complexity index is 320. The van der Waals surface area contributed by atoms with Crippen molar-refractivity contribution in [1.82, 2.24) is 5.32 Å². The highest BCUT2D eigenvalue weighted by atomic mass is 14.9. The lowest BCUT2D eigenvalue weighted by Gasteiger charge is -2.29. The van der Waals surface area contributed by atoms with Crippen molar-refractivity contribution in [3.05, 3.63) is 0 Å². The second-order valence-electron chi connectivity index (χ2n) is 8.42. The first kappa shape index (κ1) is 18.5. The van der Waals surface area contributed by atoms with Crippen LogP contribution < -0.4 is 5.32 Å². The Labute approximate surface area is 121 Å². The van der Waals surface area contributed by atoms with E-state index in [0.29, 0.717) is 11.5 Å². The molecule has 1 N–H and O–H groups in total. The van der Waals surface area contributed by atoms with Crippen LogP contribution in [0.25, 0.3) is 0 Å². The molecular formula is C18H35N. The van der Waals surface area contributed by atoms with E-state index in [1.807, 2.05) is 0 Å². The normalized spacial score (nSPS) is 14.8. The summed E-state index contributed by atoms with van der Waals surface area (Å²) >= 11 is 0. The van der Waals surface area contributed by atoms with Gasteiger partial charge in [-0.25, -0.2) is 0 Å². The molecule has 0 amide bonds. The molecule has 1 nitrogen and oxygen atoms in total. The highest BCUT2D eigenvalue weighted by Gasteiger charge is 2.25. The van der Waals surface area contributed by atoms with Crippen molar-refractivity contribution in [3.8, 4) is 11.8 Å². The lowest BCUT2D eigenvalue weighted by Crippen LogP contribution is -2.30. The van der Waals surface area contributed by atoms with Gasteiger partial charge in [0.2, 0.25) is 0 Å². The molecule has 1 unspecified atom stereocenters. The van der Waals surface area contributed by atoms with Crippen LogP contribution in [-0.4, -0.2) is 12.6 Å². The average molecular weight is 265 g/mol. The van der Waals surface area contributed by atoms with Gasteiger partial charge in [-0.05, 0) is 59.4 Å². The van der Waals surface area contributed by atoms with Crippen LogP contribution in [0.1, 0.15) is 75.2 Å². The molecule has 0 saturated carbocycles. The quantitative estimate of drug-likeness (QED) is 0.700. The van der Waals surface area contributed by atoms with Crippen LogP contribution in [0.4, 0.5) is 0 Å². The molecule has 0 aromatic rings. The van der Waals surface area contributed by atoms with Gasteiger partial charge in [0.25, 0.3) is 0 Å². The highest BCUT2D eigenvalue weighted by molar-refractivity contribution is 5.16. The zero-order valence-corrected chi connectivity index (χ0v) is 14.7. The molecule has 0 aliphatic heterocycles. The minimum atomic E-state index is 0.0801. The Hall–Kier alpha value is -0.480. The second kappa shape index (κ2) is 6.80. The molecule has 0 aromatic heterocycles. The molecule has 1 heteroatoms. The van der Waals surface area contributed by atoms with Crippen LogP contribution in [-0.2, 0) is 0 Å². The standard InChI is InChI=1S/C18H35N/c1-10-19-15(2)13-17(6,7)11-12-18(8,9)14-16(3,4)5/h15,19H,10,13-14H2,1-9H3.